The van der Waals surface area contributed by atoms with E-state index in [9.17, 15) is 8.78 Å². The molecule has 0 saturated heterocycles. The van der Waals surface area contributed by atoms with Crippen molar-refractivity contribution in [3.8, 4) is 0 Å². The van der Waals surface area contributed by atoms with Crippen molar-refractivity contribution in [3.63, 3.8) is 0 Å². The van der Waals surface area contributed by atoms with Crippen LogP contribution in [0.5, 0.6) is 0 Å². The van der Waals surface area contributed by atoms with Crippen LogP contribution in [0, 0.1) is 14.5 Å². The quantitative estimate of drug-likeness (QED) is 0.554. The highest BCUT2D eigenvalue weighted by atomic mass is 127. The molecule has 17 heavy (non-hydrogen) atoms. The number of rotatable bonds is 2. The predicted octanol–water partition coefficient (Wildman–Crippen LogP) is 4.44. The van der Waals surface area contributed by atoms with Crippen LogP contribution < -0.4 is 5.73 Å². The molecule has 0 aliphatic rings. The molecular weight excluding hydrogens is 423 g/mol. The zero-order valence-electron chi connectivity index (χ0n) is 8.38. The first kappa shape index (κ1) is 13.4. The van der Waals surface area contributed by atoms with E-state index in [4.69, 9.17) is 5.73 Å². The molecule has 1 aromatic heterocycles. The van der Waals surface area contributed by atoms with Gasteiger partial charge in [0, 0.05) is 5.56 Å². The number of thiophene rings is 1. The topological polar surface area (TPSA) is 26.0 Å². The van der Waals surface area contributed by atoms with E-state index in [0.717, 1.165) is 20.6 Å². The van der Waals surface area contributed by atoms with Crippen molar-refractivity contribution in [1.29, 1.82) is 0 Å². The molecular formula is C11H7BrF2INS. The van der Waals surface area contributed by atoms with E-state index in [-0.39, 0.29) is 10.0 Å². The van der Waals surface area contributed by atoms with E-state index in [1.54, 1.807) is 0 Å². The van der Waals surface area contributed by atoms with Crippen molar-refractivity contribution in [3.05, 3.63) is 53.7 Å². The first-order valence-corrected chi connectivity index (χ1v) is 7.38. The first-order chi connectivity index (χ1) is 7.99. The summed E-state index contributed by atoms with van der Waals surface area (Å²) >= 11 is 6.62. The van der Waals surface area contributed by atoms with Crippen LogP contribution in [0.2, 0.25) is 0 Å². The minimum atomic E-state index is -0.641. The third kappa shape index (κ3) is 2.86. The second-order valence-corrected chi connectivity index (χ2v) is 7.11. The van der Waals surface area contributed by atoms with Gasteiger partial charge in [-0.3, -0.25) is 0 Å². The van der Waals surface area contributed by atoms with Crippen molar-refractivity contribution in [1.82, 2.24) is 0 Å². The average Bonchev–Trinajstić information content (AvgIpc) is 2.69. The molecule has 0 spiro atoms. The molecule has 1 heterocycles. The number of hydrogen-bond acceptors (Lipinski definition) is 2. The molecule has 0 bridgehead atoms. The van der Waals surface area contributed by atoms with Crippen molar-refractivity contribution in [2.75, 3.05) is 0 Å². The summed E-state index contributed by atoms with van der Waals surface area (Å²) in [5.74, 6) is -1.02. The van der Waals surface area contributed by atoms with Gasteiger partial charge in [-0.25, -0.2) is 8.78 Å². The van der Waals surface area contributed by atoms with Gasteiger partial charge >= 0.3 is 0 Å². The molecule has 0 aliphatic carbocycles. The Kier molecular flexibility index (Phi) is 4.17. The maximum Gasteiger partial charge on any atom is 0.137 e. The lowest BCUT2D eigenvalue weighted by Gasteiger charge is -2.12. The van der Waals surface area contributed by atoms with Crippen molar-refractivity contribution >= 4 is 49.9 Å². The second kappa shape index (κ2) is 5.29. The summed E-state index contributed by atoms with van der Waals surface area (Å²) < 4.78 is 28.2. The van der Waals surface area contributed by atoms with Gasteiger partial charge in [0.15, 0.2) is 0 Å². The Morgan fingerprint density at radius 3 is 2.53 bits per heavy atom. The Bertz CT molecular complexity index is 558. The standard InChI is InChI=1S/C11H7BrF2INS/c12-7-3-8(13)6(2-9(7)14)11(16)5-1-10(15)17-4-5/h1-4,11H,16H2. The summed E-state index contributed by atoms with van der Waals surface area (Å²) in [6.07, 6.45) is 0. The Morgan fingerprint density at radius 1 is 1.24 bits per heavy atom. The molecule has 1 aromatic carbocycles. The number of nitrogens with two attached hydrogens (primary N) is 1. The summed E-state index contributed by atoms with van der Waals surface area (Å²) in [6.45, 7) is 0. The molecule has 1 atom stereocenters. The lowest BCUT2D eigenvalue weighted by molar-refractivity contribution is 0.572. The van der Waals surface area contributed by atoms with Crippen molar-refractivity contribution in [2.24, 2.45) is 5.73 Å². The zero-order chi connectivity index (χ0) is 12.6. The van der Waals surface area contributed by atoms with Crippen LogP contribution in [-0.4, -0.2) is 0 Å². The second-order valence-electron chi connectivity index (χ2n) is 3.45. The van der Waals surface area contributed by atoms with Crippen LogP contribution in [0.1, 0.15) is 17.2 Å². The summed E-state index contributed by atoms with van der Waals surface area (Å²) in [6, 6.07) is 3.46. The van der Waals surface area contributed by atoms with Crippen LogP contribution in [0.25, 0.3) is 0 Å². The maximum absolute atomic E-state index is 13.7. The van der Waals surface area contributed by atoms with Gasteiger partial charge in [0.25, 0.3) is 0 Å². The van der Waals surface area contributed by atoms with E-state index >= 15 is 0 Å². The van der Waals surface area contributed by atoms with E-state index in [0.29, 0.717) is 0 Å². The maximum atomic E-state index is 13.7. The van der Waals surface area contributed by atoms with Gasteiger partial charge in [-0.1, -0.05) is 0 Å². The Hall–Kier alpha value is -0.0500. The summed E-state index contributed by atoms with van der Waals surface area (Å²) in [5, 5.41) is 1.85. The van der Waals surface area contributed by atoms with Crippen LogP contribution in [0.15, 0.2) is 28.1 Å². The lowest BCUT2D eigenvalue weighted by Crippen LogP contribution is -2.13. The molecule has 0 saturated carbocycles. The molecule has 1 unspecified atom stereocenters. The number of halogens is 4. The Labute approximate surface area is 123 Å². The van der Waals surface area contributed by atoms with Crippen molar-refractivity contribution < 1.29 is 8.78 Å². The summed E-state index contributed by atoms with van der Waals surface area (Å²) in [4.78, 5) is 0. The monoisotopic (exact) mass is 429 g/mol. The molecule has 0 radical (unpaired) electrons. The first-order valence-electron chi connectivity index (χ1n) is 4.63. The SMILES string of the molecule is NC(c1csc(I)c1)c1cc(F)c(Br)cc1F. The van der Waals surface area contributed by atoms with Gasteiger partial charge in [-0.05, 0) is 67.7 Å². The normalized spacial score (nSPS) is 12.8. The highest BCUT2D eigenvalue weighted by Gasteiger charge is 2.17. The molecule has 0 amide bonds. The van der Waals surface area contributed by atoms with Gasteiger partial charge in [0.05, 0.1) is 13.4 Å². The third-order valence-corrected chi connectivity index (χ3v) is 4.74. The van der Waals surface area contributed by atoms with Gasteiger partial charge < -0.3 is 5.73 Å². The Morgan fingerprint density at radius 2 is 1.94 bits per heavy atom. The molecule has 1 nitrogen and oxygen atoms in total. The molecule has 90 valence electrons. The fourth-order valence-electron chi connectivity index (χ4n) is 1.44. The van der Waals surface area contributed by atoms with Gasteiger partial charge in [-0.15, -0.1) is 11.3 Å². The largest absolute Gasteiger partial charge is 0.320 e. The van der Waals surface area contributed by atoms with E-state index in [1.165, 1.54) is 11.3 Å². The minimum Gasteiger partial charge on any atom is -0.320 e. The molecule has 2 rings (SSSR count). The average molecular weight is 430 g/mol. The van der Waals surface area contributed by atoms with Gasteiger partial charge in [-0.2, -0.15) is 0 Å². The summed E-state index contributed by atoms with van der Waals surface area (Å²) in [7, 11) is 0. The minimum absolute atomic E-state index is 0.103. The molecule has 0 aliphatic heterocycles. The fourth-order valence-corrected chi connectivity index (χ4v) is 3.17. The fraction of sp³-hybridized carbons (Fsp3) is 0.0909. The van der Waals surface area contributed by atoms with E-state index in [1.807, 2.05) is 11.4 Å². The Balaban J connectivity index is 2.43. The lowest BCUT2D eigenvalue weighted by atomic mass is 10.0. The van der Waals surface area contributed by atoms with Crippen LogP contribution in [0.4, 0.5) is 8.78 Å². The molecule has 6 heteroatoms. The number of benzene rings is 1. The van der Waals surface area contributed by atoms with E-state index in [2.05, 4.69) is 38.5 Å². The summed E-state index contributed by atoms with van der Waals surface area (Å²) in [5.41, 5.74) is 6.89. The van der Waals surface area contributed by atoms with Gasteiger partial charge in [0.1, 0.15) is 11.6 Å². The van der Waals surface area contributed by atoms with Crippen LogP contribution in [0.3, 0.4) is 0 Å². The van der Waals surface area contributed by atoms with Crippen molar-refractivity contribution in [2.45, 2.75) is 6.04 Å². The highest BCUT2D eigenvalue weighted by Crippen LogP contribution is 2.29. The smallest absolute Gasteiger partial charge is 0.137 e. The predicted molar refractivity (Wildman–Crippen MR) is 77.1 cm³/mol. The molecule has 2 N–H and O–H groups in total. The highest BCUT2D eigenvalue weighted by molar-refractivity contribution is 14.1. The third-order valence-electron chi connectivity index (χ3n) is 2.32. The molecule has 0 fully saturated rings. The molecule has 2 aromatic rings. The van der Waals surface area contributed by atoms with Crippen LogP contribution >= 0.6 is 49.9 Å². The zero-order valence-corrected chi connectivity index (χ0v) is 12.9. The van der Waals surface area contributed by atoms with Crippen LogP contribution in [-0.2, 0) is 0 Å². The van der Waals surface area contributed by atoms with Gasteiger partial charge in [0.2, 0.25) is 0 Å². The van der Waals surface area contributed by atoms with E-state index < -0.39 is 17.7 Å². The number of hydrogen-bond donors (Lipinski definition) is 1.